The zero-order valence-electron chi connectivity index (χ0n) is 17.9. The fourth-order valence-corrected chi connectivity index (χ4v) is 3.28. The third kappa shape index (κ3) is 7.17. The summed E-state index contributed by atoms with van der Waals surface area (Å²) in [6, 6.07) is -4.84. The molecular weight excluding hydrogens is 412 g/mol. The van der Waals surface area contributed by atoms with Gasteiger partial charge in [-0.25, -0.2) is 4.79 Å². The number of nitrogens with zero attached hydrogens (tertiary/aromatic N) is 1. The molecule has 1 fully saturated rings. The molecule has 1 heterocycles. The number of hydrogen-bond acceptors (Lipinski definition) is 7. The van der Waals surface area contributed by atoms with E-state index in [4.69, 9.17) is 15.9 Å². The summed E-state index contributed by atoms with van der Waals surface area (Å²) in [5, 5.41) is 32.2. The van der Waals surface area contributed by atoms with Crippen LogP contribution < -0.4 is 16.4 Å². The van der Waals surface area contributed by atoms with Crippen molar-refractivity contribution in [3.05, 3.63) is 0 Å². The number of hydrogen-bond donors (Lipinski definition) is 6. The van der Waals surface area contributed by atoms with Gasteiger partial charge in [-0.05, 0) is 25.7 Å². The van der Waals surface area contributed by atoms with Gasteiger partial charge in [-0.2, -0.15) is 0 Å². The molecule has 3 amide bonds. The van der Waals surface area contributed by atoms with Crippen LogP contribution in [0.4, 0.5) is 0 Å². The van der Waals surface area contributed by atoms with E-state index in [9.17, 15) is 29.1 Å². The second-order valence-corrected chi connectivity index (χ2v) is 7.83. The first-order chi connectivity index (χ1) is 14.4. The Morgan fingerprint density at radius 3 is 2.23 bits per heavy atom. The first kappa shape index (κ1) is 26.3. The lowest BCUT2D eigenvalue weighted by Crippen LogP contribution is -2.59. The molecule has 0 aliphatic carbocycles. The monoisotopic (exact) mass is 444 g/mol. The highest BCUT2D eigenvalue weighted by Crippen LogP contribution is 2.22. The van der Waals surface area contributed by atoms with Gasteiger partial charge in [0.1, 0.15) is 24.2 Å². The van der Waals surface area contributed by atoms with E-state index in [1.165, 1.54) is 11.8 Å². The topological polar surface area (TPSA) is 199 Å². The SMILES string of the molecule is CCC(C)C(NC(=O)C(N)C(C)O)C(=O)N1CCCC1C(=O)NC(CC(=O)O)C(=O)O. The number of amides is 3. The molecule has 0 aromatic carbocycles. The van der Waals surface area contributed by atoms with Gasteiger partial charge >= 0.3 is 11.9 Å². The Morgan fingerprint density at radius 1 is 1.13 bits per heavy atom. The highest BCUT2D eigenvalue weighted by atomic mass is 16.4. The van der Waals surface area contributed by atoms with Crippen molar-refractivity contribution < 1.29 is 39.3 Å². The van der Waals surface area contributed by atoms with Crippen LogP contribution in [0.3, 0.4) is 0 Å². The number of aliphatic hydroxyl groups excluding tert-OH is 1. The van der Waals surface area contributed by atoms with Crippen LogP contribution in [0.1, 0.15) is 46.5 Å². The van der Waals surface area contributed by atoms with E-state index in [1.54, 1.807) is 6.92 Å². The molecule has 1 saturated heterocycles. The molecule has 0 spiro atoms. The number of carboxylic acid groups (broad SMARTS) is 2. The lowest BCUT2D eigenvalue weighted by Gasteiger charge is -2.32. The van der Waals surface area contributed by atoms with Crippen molar-refractivity contribution in [1.82, 2.24) is 15.5 Å². The molecule has 1 aliphatic heterocycles. The fraction of sp³-hybridized carbons (Fsp3) is 0.737. The summed E-state index contributed by atoms with van der Waals surface area (Å²) in [7, 11) is 0. The van der Waals surface area contributed by atoms with Crippen LogP contribution in [-0.4, -0.2) is 86.7 Å². The van der Waals surface area contributed by atoms with E-state index in [0.29, 0.717) is 12.8 Å². The van der Waals surface area contributed by atoms with Gasteiger partial charge in [-0.15, -0.1) is 0 Å². The molecule has 1 rings (SSSR count). The molecule has 12 nitrogen and oxygen atoms in total. The van der Waals surface area contributed by atoms with E-state index >= 15 is 0 Å². The van der Waals surface area contributed by atoms with Gasteiger partial charge in [0.25, 0.3) is 0 Å². The standard InChI is InChI=1S/C19H32N4O8/c1-4-9(2)15(22-17(28)14(20)10(3)24)18(29)23-7-5-6-12(23)16(27)21-11(19(30)31)8-13(25)26/h9-12,14-15,24H,4-8,20H2,1-3H3,(H,21,27)(H,22,28)(H,25,26)(H,30,31). The summed E-state index contributed by atoms with van der Waals surface area (Å²) in [4.78, 5) is 61.5. The molecule has 1 aliphatic rings. The van der Waals surface area contributed by atoms with Crippen LogP contribution in [0.25, 0.3) is 0 Å². The van der Waals surface area contributed by atoms with Gasteiger partial charge in [0, 0.05) is 6.54 Å². The average Bonchev–Trinajstić information content (AvgIpc) is 3.19. The Balaban J connectivity index is 3.00. The minimum Gasteiger partial charge on any atom is -0.481 e. The molecule has 0 aromatic rings. The first-order valence-electron chi connectivity index (χ1n) is 10.2. The van der Waals surface area contributed by atoms with Crippen molar-refractivity contribution in [2.75, 3.05) is 6.54 Å². The number of likely N-dealkylation sites (tertiary alicyclic amines) is 1. The number of aliphatic carboxylic acids is 2. The Kier molecular flexibility index (Phi) is 9.85. The second-order valence-electron chi connectivity index (χ2n) is 7.83. The molecular formula is C19H32N4O8. The Morgan fingerprint density at radius 2 is 1.74 bits per heavy atom. The van der Waals surface area contributed by atoms with Gasteiger partial charge < -0.3 is 36.6 Å². The lowest BCUT2D eigenvalue weighted by molar-refractivity contribution is -0.148. The van der Waals surface area contributed by atoms with Crippen LogP contribution in [0, 0.1) is 5.92 Å². The number of carbonyl (C=O) groups excluding carboxylic acids is 3. The summed E-state index contributed by atoms with van der Waals surface area (Å²) < 4.78 is 0. The number of aliphatic hydroxyl groups is 1. The van der Waals surface area contributed by atoms with E-state index in [-0.39, 0.29) is 18.9 Å². The van der Waals surface area contributed by atoms with Crippen LogP contribution in [-0.2, 0) is 24.0 Å². The molecule has 0 aromatic heterocycles. The van der Waals surface area contributed by atoms with Crippen molar-refractivity contribution >= 4 is 29.7 Å². The van der Waals surface area contributed by atoms with Crippen LogP contribution >= 0.6 is 0 Å². The highest BCUT2D eigenvalue weighted by Gasteiger charge is 2.40. The Hall–Kier alpha value is -2.73. The maximum Gasteiger partial charge on any atom is 0.326 e. The normalized spacial score (nSPS) is 20.8. The molecule has 7 N–H and O–H groups in total. The van der Waals surface area contributed by atoms with E-state index in [2.05, 4.69) is 10.6 Å². The zero-order valence-corrected chi connectivity index (χ0v) is 17.9. The van der Waals surface area contributed by atoms with Crippen molar-refractivity contribution in [1.29, 1.82) is 0 Å². The summed E-state index contributed by atoms with van der Waals surface area (Å²) >= 11 is 0. The largest absolute Gasteiger partial charge is 0.481 e. The molecule has 12 heteroatoms. The quantitative estimate of drug-likeness (QED) is 0.214. The highest BCUT2D eigenvalue weighted by molar-refractivity contribution is 5.95. The van der Waals surface area contributed by atoms with Gasteiger partial charge in [-0.3, -0.25) is 19.2 Å². The van der Waals surface area contributed by atoms with E-state index in [0.717, 1.165) is 0 Å². The molecule has 0 saturated carbocycles. The van der Waals surface area contributed by atoms with Crippen molar-refractivity contribution in [3.8, 4) is 0 Å². The maximum absolute atomic E-state index is 13.2. The second kappa shape index (κ2) is 11.6. The number of rotatable bonds is 11. The number of nitrogens with one attached hydrogen (secondary N) is 2. The fourth-order valence-electron chi connectivity index (χ4n) is 3.28. The number of nitrogens with two attached hydrogens (primary N) is 1. The summed E-state index contributed by atoms with van der Waals surface area (Å²) in [6.45, 7) is 5.14. The van der Waals surface area contributed by atoms with Gasteiger partial charge in [0.05, 0.1) is 12.5 Å². The smallest absolute Gasteiger partial charge is 0.326 e. The predicted molar refractivity (Wildman–Crippen MR) is 108 cm³/mol. The van der Waals surface area contributed by atoms with Crippen LogP contribution in [0.15, 0.2) is 0 Å². The lowest BCUT2D eigenvalue weighted by atomic mass is 9.96. The molecule has 31 heavy (non-hydrogen) atoms. The zero-order chi connectivity index (χ0) is 23.9. The Labute approximate surface area is 180 Å². The average molecular weight is 444 g/mol. The summed E-state index contributed by atoms with van der Waals surface area (Å²) in [5.74, 6) is -5.19. The third-order valence-electron chi connectivity index (χ3n) is 5.43. The van der Waals surface area contributed by atoms with Crippen molar-refractivity contribution in [3.63, 3.8) is 0 Å². The van der Waals surface area contributed by atoms with E-state index in [1.807, 2.05) is 6.92 Å². The predicted octanol–water partition coefficient (Wildman–Crippen LogP) is -1.74. The van der Waals surface area contributed by atoms with Gasteiger partial charge in [-0.1, -0.05) is 20.3 Å². The molecule has 0 radical (unpaired) electrons. The van der Waals surface area contributed by atoms with Crippen molar-refractivity contribution in [2.24, 2.45) is 11.7 Å². The summed E-state index contributed by atoms with van der Waals surface area (Å²) in [5.41, 5.74) is 5.65. The van der Waals surface area contributed by atoms with Crippen LogP contribution in [0.5, 0.6) is 0 Å². The number of carbonyl (C=O) groups is 5. The minimum atomic E-state index is -1.63. The van der Waals surface area contributed by atoms with Gasteiger partial charge in [0.15, 0.2) is 0 Å². The molecule has 6 atom stereocenters. The minimum absolute atomic E-state index is 0.221. The molecule has 6 unspecified atom stereocenters. The third-order valence-corrected chi connectivity index (χ3v) is 5.43. The molecule has 176 valence electrons. The number of carboxylic acids is 2. The van der Waals surface area contributed by atoms with Gasteiger partial charge in [0.2, 0.25) is 17.7 Å². The van der Waals surface area contributed by atoms with E-state index < -0.39 is 66.4 Å². The van der Waals surface area contributed by atoms with Crippen LogP contribution in [0.2, 0.25) is 0 Å². The van der Waals surface area contributed by atoms with Crippen molar-refractivity contribution in [2.45, 2.75) is 76.7 Å². The summed E-state index contributed by atoms with van der Waals surface area (Å²) in [6.07, 6.45) is -0.643. The first-order valence-corrected chi connectivity index (χ1v) is 10.2. The Bertz CT molecular complexity index is 698. The maximum atomic E-state index is 13.2. The molecule has 0 bridgehead atoms.